The number of hydrogen-bond acceptors (Lipinski definition) is 4. The third-order valence-corrected chi connectivity index (χ3v) is 6.04. The molecule has 8 heteroatoms. The van der Waals surface area contributed by atoms with E-state index >= 15 is 0 Å². The molecule has 1 fully saturated rings. The molecule has 0 aromatic heterocycles. The molecule has 0 aliphatic carbocycles. The molecular weight excluding hydrogens is 302 g/mol. The van der Waals surface area contributed by atoms with Gasteiger partial charge in [-0.15, -0.1) is 0 Å². The average Bonchev–Trinajstić information content (AvgIpc) is 2.41. The molecule has 0 spiro atoms. The van der Waals surface area contributed by atoms with Gasteiger partial charge in [-0.05, 0) is 37.1 Å². The lowest BCUT2D eigenvalue weighted by Crippen LogP contribution is -2.39. The zero-order chi connectivity index (χ0) is 14.8. The molecule has 1 saturated heterocycles. The Morgan fingerprint density at radius 3 is 2.25 bits per heavy atom. The van der Waals surface area contributed by atoms with Crippen LogP contribution in [0.25, 0.3) is 0 Å². The van der Waals surface area contributed by atoms with Gasteiger partial charge in [-0.2, -0.15) is 0 Å². The van der Waals surface area contributed by atoms with Crippen LogP contribution >= 0.6 is 0 Å². The summed E-state index contributed by atoms with van der Waals surface area (Å²) >= 11 is 0. The second-order valence-electron chi connectivity index (χ2n) is 4.57. The quantitative estimate of drug-likeness (QED) is 0.846. The smallest absolute Gasteiger partial charge is 0.335 e. The fourth-order valence-corrected chi connectivity index (χ4v) is 4.58. The van der Waals surface area contributed by atoms with Gasteiger partial charge in [0.05, 0.1) is 10.5 Å². The number of carboxylic acids is 1. The fraction of sp³-hybridized carbons (Fsp3) is 0.417. The highest BCUT2D eigenvalue weighted by Gasteiger charge is 2.24. The van der Waals surface area contributed by atoms with Crippen LogP contribution in [0.2, 0.25) is 0 Å². The van der Waals surface area contributed by atoms with E-state index < -0.39 is 26.8 Å². The summed E-state index contributed by atoms with van der Waals surface area (Å²) in [6, 6.07) is 4.84. The van der Waals surface area contributed by atoms with Gasteiger partial charge >= 0.3 is 5.97 Å². The Balaban J connectivity index is 2.10. The van der Waals surface area contributed by atoms with Crippen LogP contribution in [0.1, 0.15) is 23.2 Å². The van der Waals surface area contributed by atoms with E-state index in [0.29, 0.717) is 24.3 Å². The summed E-state index contributed by atoms with van der Waals surface area (Å²) in [5, 5.41) is 8.77. The lowest BCUT2D eigenvalue weighted by molar-refractivity contribution is 0.0696. The maximum atomic E-state index is 12.1. The lowest BCUT2D eigenvalue weighted by atomic mass is 10.2. The van der Waals surface area contributed by atoms with Crippen LogP contribution in [0.4, 0.5) is 0 Å². The van der Waals surface area contributed by atoms with Crippen LogP contribution in [-0.4, -0.2) is 41.3 Å². The minimum atomic E-state index is -3.66. The molecule has 0 atom stereocenters. The summed E-state index contributed by atoms with van der Waals surface area (Å²) in [4.78, 5) is 10.8. The number of carboxylic acid groups (broad SMARTS) is 1. The first-order chi connectivity index (χ1) is 9.38. The summed E-state index contributed by atoms with van der Waals surface area (Å²) in [5.74, 6) is -0.0901. The summed E-state index contributed by atoms with van der Waals surface area (Å²) in [6.45, 7) is 0. The number of carbonyl (C=O) groups is 1. The average molecular weight is 317 g/mol. The van der Waals surface area contributed by atoms with Crippen LogP contribution in [0.15, 0.2) is 29.2 Å². The summed E-state index contributed by atoms with van der Waals surface area (Å²) < 4.78 is 38.1. The molecule has 1 aliphatic rings. The summed E-state index contributed by atoms with van der Waals surface area (Å²) in [7, 11) is -4.50. The Hall–Kier alpha value is -1.25. The molecular formula is C12H15NO5S2. The molecule has 0 bridgehead atoms. The predicted molar refractivity (Wildman–Crippen MR) is 74.6 cm³/mol. The van der Waals surface area contributed by atoms with Crippen molar-refractivity contribution in [1.82, 2.24) is 4.72 Å². The number of nitrogens with one attached hydrogen (secondary N) is 1. The largest absolute Gasteiger partial charge is 0.478 e. The highest BCUT2D eigenvalue weighted by molar-refractivity contribution is 7.89. The van der Waals surface area contributed by atoms with Crippen LogP contribution in [0.5, 0.6) is 0 Å². The molecule has 2 rings (SSSR count). The monoisotopic (exact) mass is 317 g/mol. The highest BCUT2D eigenvalue weighted by Crippen LogP contribution is 2.15. The van der Waals surface area contributed by atoms with Gasteiger partial charge in [0.1, 0.15) is 0 Å². The summed E-state index contributed by atoms with van der Waals surface area (Å²) in [5.41, 5.74) is 0.0389. The Bertz CT molecular complexity index is 614. The maximum absolute atomic E-state index is 12.1. The fourth-order valence-electron chi connectivity index (χ4n) is 1.98. The Labute approximate surface area is 119 Å². The molecule has 0 radical (unpaired) electrons. The van der Waals surface area contributed by atoms with Gasteiger partial charge in [0.15, 0.2) is 0 Å². The Kier molecular flexibility index (Phi) is 4.56. The van der Waals surface area contributed by atoms with Crippen LogP contribution in [0.3, 0.4) is 0 Å². The predicted octanol–water partition coefficient (Wildman–Crippen LogP) is 0.574. The van der Waals surface area contributed by atoms with Crippen molar-refractivity contribution in [3.8, 4) is 0 Å². The van der Waals surface area contributed by atoms with Crippen molar-refractivity contribution in [3.63, 3.8) is 0 Å². The Morgan fingerprint density at radius 2 is 1.75 bits per heavy atom. The van der Waals surface area contributed by atoms with Crippen molar-refractivity contribution in [3.05, 3.63) is 29.8 Å². The molecule has 1 heterocycles. The Morgan fingerprint density at radius 1 is 1.20 bits per heavy atom. The number of hydrogen-bond donors (Lipinski definition) is 2. The molecule has 2 N–H and O–H groups in total. The van der Waals surface area contributed by atoms with E-state index in [1.807, 2.05) is 0 Å². The zero-order valence-electron chi connectivity index (χ0n) is 10.6. The van der Waals surface area contributed by atoms with Gasteiger partial charge in [-0.3, -0.25) is 4.21 Å². The highest BCUT2D eigenvalue weighted by atomic mass is 32.2. The number of rotatable bonds is 4. The molecule has 1 aromatic carbocycles. The number of sulfonamides is 1. The lowest BCUT2D eigenvalue weighted by Gasteiger charge is -2.22. The normalized spacial score (nSPS) is 23.4. The van der Waals surface area contributed by atoms with Gasteiger partial charge < -0.3 is 5.11 Å². The minimum absolute atomic E-state index is 0.0363. The van der Waals surface area contributed by atoms with E-state index in [4.69, 9.17) is 5.11 Å². The van der Waals surface area contributed by atoms with Gasteiger partial charge in [-0.1, -0.05) is 0 Å². The van der Waals surface area contributed by atoms with Crippen molar-refractivity contribution >= 4 is 26.8 Å². The van der Waals surface area contributed by atoms with E-state index in [2.05, 4.69) is 4.72 Å². The van der Waals surface area contributed by atoms with Crippen LogP contribution in [0, 0.1) is 0 Å². The molecule has 110 valence electrons. The third-order valence-electron chi connectivity index (χ3n) is 3.12. The van der Waals surface area contributed by atoms with Gasteiger partial charge in [-0.25, -0.2) is 17.9 Å². The number of aromatic carboxylic acids is 1. The number of benzene rings is 1. The molecule has 1 aliphatic heterocycles. The molecule has 1 aromatic rings. The second-order valence-corrected chi connectivity index (χ2v) is 7.98. The van der Waals surface area contributed by atoms with Crippen molar-refractivity contribution in [2.75, 3.05) is 11.5 Å². The molecule has 0 saturated carbocycles. The van der Waals surface area contributed by atoms with E-state index in [-0.39, 0.29) is 16.5 Å². The van der Waals surface area contributed by atoms with Gasteiger partial charge in [0.2, 0.25) is 10.0 Å². The SMILES string of the molecule is O=C(O)c1ccc(S(=O)(=O)NC2CCS(=O)CC2)cc1. The van der Waals surface area contributed by atoms with Gasteiger partial charge in [0, 0.05) is 28.3 Å². The van der Waals surface area contributed by atoms with Crippen LogP contribution in [-0.2, 0) is 20.8 Å². The van der Waals surface area contributed by atoms with E-state index in [1.165, 1.54) is 24.3 Å². The van der Waals surface area contributed by atoms with Crippen molar-refractivity contribution in [2.24, 2.45) is 0 Å². The van der Waals surface area contributed by atoms with Crippen LogP contribution < -0.4 is 4.72 Å². The third kappa shape index (κ3) is 3.65. The zero-order valence-corrected chi connectivity index (χ0v) is 12.2. The summed E-state index contributed by atoms with van der Waals surface area (Å²) in [6.07, 6.45) is 1.11. The first-order valence-corrected chi connectivity index (χ1v) is 9.06. The first kappa shape index (κ1) is 15.1. The second kappa shape index (κ2) is 6.02. The molecule has 6 nitrogen and oxygen atoms in total. The standard InChI is InChI=1S/C12H15NO5S2/c14-12(15)9-1-3-11(4-2-9)20(17,18)13-10-5-7-19(16)8-6-10/h1-4,10,13H,5-8H2,(H,14,15). The van der Waals surface area contributed by atoms with Crippen molar-refractivity contribution in [2.45, 2.75) is 23.8 Å². The van der Waals surface area contributed by atoms with E-state index in [1.54, 1.807) is 0 Å². The maximum Gasteiger partial charge on any atom is 0.335 e. The molecule has 0 unspecified atom stereocenters. The first-order valence-electron chi connectivity index (χ1n) is 6.09. The van der Waals surface area contributed by atoms with Gasteiger partial charge in [0.25, 0.3) is 0 Å². The molecule has 20 heavy (non-hydrogen) atoms. The molecule has 0 amide bonds. The van der Waals surface area contributed by atoms with Crippen molar-refractivity contribution < 1.29 is 22.5 Å². The van der Waals surface area contributed by atoms with Crippen molar-refractivity contribution in [1.29, 1.82) is 0 Å². The topological polar surface area (TPSA) is 101 Å². The van der Waals surface area contributed by atoms with E-state index in [9.17, 15) is 17.4 Å². The van der Waals surface area contributed by atoms with E-state index in [0.717, 1.165) is 0 Å². The minimum Gasteiger partial charge on any atom is -0.478 e.